The first-order valence-electron chi connectivity index (χ1n) is 7.99. The lowest BCUT2D eigenvalue weighted by molar-refractivity contribution is -0.770. The minimum absolute atomic E-state index is 0.00262. The summed E-state index contributed by atoms with van der Waals surface area (Å²) >= 11 is 18.1. The van der Waals surface area contributed by atoms with E-state index in [1.807, 2.05) is 0 Å². The normalized spacial score (nSPS) is 12.4. The summed E-state index contributed by atoms with van der Waals surface area (Å²) in [7, 11) is 0. The van der Waals surface area contributed by atoms with Gasteiger partial charge in [0, 0.05) is 15.6 Å². The van der Waals surface area contributed by atoms with Crippen LogP contribution in [0.1, 0.15) is 17.4 Å². The van der Waals surface area contributed by atoms with Crippen molar-refractivity contribution in [1.82, 2.24) is 14.8 Å². The summed E-state index contributed by atoms with van der Waals surface area (Å²) in [4.78, 5) is 25.0. The van der Waals surface area contributed by atoms with Gasteiger partial charge in [-0.05, 0) is 35.9 Å². The Morgan fingerprint density at radius 2 is 1.90 bits per heavy atom. The molecule has 0 fully saturated rings. The second kappa shape index (κ2) is 9.55. The van der Waals surface area contributed by atoms with Crippen molar-refractivity contribution in [2.75, 3.05) is 0 Å². The Morgan fingerprint density at radius 1 is 1.17 bits per heavy atom. The largest absolute Gasteiger partial charge is 0.391 e. The molecule has 0 radical (unpaired) electrons. The Kier molecular flexibility index (Phi) is 6.86. The monoisotopic (exact) mass is 455 g/mol. The van der Waals surface area contributed by atoms with Gasteiger partial charge in [0.25, 0.3) is 5.09 Å². The molecule has 0 aliphatic carbocycles. The van der Waals surface area contributed by atoms with Crippen LogP contribution in [0.5, 0.6) is 0 Å². The number of rotatable bonds is 8. The molecule has 9 nitrogen and oxygen atoms in total. The molecule has 12 heteroatoms. The Hall–Kier alpha value is -2.88. The molecular formula is C17H12Cl3N5O4. The van der Waals surface area contributed by atoms with Gasteiger partial charge in [-0.1, -0.05) is 52.1 Å². The van der Waals surface area contributed by atoms with Crippen molar-refractivity contribution in [2.24, 2.45) is 5.16 Å². The summed E-state index contributed by atoms with van der Waals surface area (Å²) in [5, 5.41) is 19.2. The van der Waals surface area contributed by atoms with E-state index in [0.717, 1.165) is 10.2 Å². The predicted octanol–water partition coefficient (Wildman–Crippen LogP) is 4.57. The number of nitrogens with zero attached hydrogens (tertiary/aromatic N) is 5. The number of hydrogen-bond acceptors (Lipinski definition) is 7. The molecule has 0 N–H and O–H groups in total. The molecule has 1 aromatic heterocycles. The number of hydrogen-bond donors (Lipinski definition) is 0. The number of benzene rings is 2. The third-order valence-electron chi connectivity index (χ3n) is 3.61. The summed E-state index contributed by atoms with van der Waals surface area (Å²) in [6.45, 7) is 0.0778. The topological polar surface area (TPSA) is 105 Å². The summed E-state index contributed by atoms with van der Waals surface area (Å²) in [6, 6.07) is 11.5. The smallest absolute Gasteiger partial charge is 0.297 e. The summed E-state index contributed by atoms with van der Waals surface area (Å²) in [5.74, 6) is 0. The van der Waals surface area contributed by atoms with Crippen LogP contribution in [0.3, 0.4) is 0 Å². The van der Waals surface area contributed by atoms with Crippen LogP contribution in [0.2, 0.25) is 15.1 Å². The van der Waals surface area contributed by atoms with E-state index >= 15 is 0 Å². The van der Waals surface area contributed by atoms with Crippen molar-refractivity contribution in [3.05, 3.63) is 91.4 Å². The van der Waals surface area contributed by atoms with Crippen LogP contribution in [-0.4, -0.2) is 25.6 Å². The van der Waals surface area contributed by atoms with Crippen LogP contribution in [0.25, 0.3) is 0 Å². The molecule has 2 aromatic carbocycles. The van der Waals surface area contributed by atoms with Crippen LogP contribution in [-0.2, 0) is 16.3 Å². The number of oxime groups is 1. The standard InChI is InChI=1S/C17H12Cl3N5O4/c18-12-3-1-11(2-4-12)8-28-23-16(14-6-5-13(19)7-15(14)20)17(29-25(26)27)24-10-21-9-22-24/h1-7,9-10,17H,8H2/b23-16+. The lowest BCUT2D eigenvalue weighted by Crippen LogP contribution is -2.27. The molecule has 1 heterocycles. The highest BCUT2D eigenvalue weighted by molar-refractivity contribution is 6.37. The van der Waals surface area contributed by atoms with Gasteiger partial charge in [0.05, 0.1) is 5.02 Å². The first kappa shape index (κ1) is 20.8. The lowest BCUT2D eigenvalue weighted by atomic mass is 10.1. The Labute approximate surface area is 179 Å². The average molecular weight is 457 g/mol. The fourth-order valence-electron chi connectivity index (χ4n) is 2.32. The molecule has 1 atom stereocenters. The molecule has 0 saturated heterocycles. The minimum Gasteiger partial charge on any atom is -0.391 e. The van der Waals surface area contributed by atoms with E-state index in [0.29, 0.717) is 15.6 Å². The molecule has 29 heavy (non-hydrogen) atoms. The summed E-state index contributed by atoms with van der Waals surface area (Å²) < 4.78 is 1.11. The van der Waals surface area contributed by atoms with Crippen LogP contribution < -0.4 is 0 Å². The highest BCUT2D eigenvalue weighted by atomic mass is 35.5. The lowest BCUT2D eigenvalue weighted by Gasteiger charge is -2.18. The Bertz CT molecular complexity index is 1010. The zero-order chi connectivity index (χ0) is 20.8. The van der Waals surface area contributed by atoms with E-state index < -0.39 is 11.3 Å². The van der Waals surface area contributed by atoms with Crippen molar-refractivity contribution in [3.63, 3.8) is 0 Å². The van der Waals surface area contributed by atoms with E-state index in [4.69, 9.17) is 44.5 Å². The number of aromatic nitrogens is 3. The van der Waals surface area contributed by atoms with Crippen molar-refractivity contribution in [1.29, 1.82) is 0 Å². The fraction of sp³-hybridized carbons (Fsp3) is 0.118. The van der Waals surface area contributed by atoms with Crippen LogP contribution >= 0.6 is 34.8 Å². The molecule has 150 valence electrons. The Balaban J connectivity index is 1.97. The second-order valence-corrected chi connectivity index (χ2v) is 6.84. The molecule has 3 aromatic rings. The SMILES string of the molecule is O=[N+]([O-])OC(/C(=N/OCc1ccc(Cl)cc1)c1ccc(Cl)cc1Cl)n1cncn1. The second-order valence-electron chi connectivity index (χ2n) is 5.56. The maximum atomic E-state index is 11.1. The van der Waals surface area contributed by atoms with Crippen molar-refractivity contribution in [3.8, 4) is 0 Å². The van der Waals surface area contributed by atoms with E-state index in [2.05, 4.69) is 15.2 Å². The zero-order valence-corrected chi connectivity index (χ0v) is 16.8. The van der Waals surface area contributed by atoms with Gasteiger partial charge in [-0.2, -0.15) is 5.10 Å². The van der Waals surface area contributed by atoms with Gasteiger partial charge in [-0.15, -0.1) is 10.1 Å². The molecular weight excluding hydrogens is 445 g/mol. The molecule has 0 saturated carbocycles. The van der Waals surface area contributed by atoms with Gasteiger partial charge in [0.1, 0.15) is 25.0 Å². The van der Waals surface area contributed by atoms with Gasteiger partial charge >= 0.3 is 0 Å². The van der Waals surface area contributed by atoms with Gasteiger partial charge in [-0.25, -0.2) is 9.67 Å². The maximum absolute atomic E-state index is 11.1. The van der Waals surface area contributed by atoms with E-state index in [9.17, 15) is 10.1 Å². The fourth-order valence-corrected chi connectivity index (χ4v) is 2.96. The minimum atomic E-state index is -1.39. The molecule has 0 bridgehead atoms. The van der Waals surface area contributed by atoms with Gasteiger partial charge < -0.3 is 4.84 Å². The van der Waals surface area contributed by atoms with Crippen molar-refractivity contribution < 1.29 is 14.8 Å². The third kappa shape index (κ3) is 5.57. The van der Waals surface area contributed by atoms with Gasteiger partial charge in [-0.3, -0.25) is 4.84 Å². The Morgan fingerprint density at radius 3 is 2.52 bits per heavy atom. The predicted molar refractivity (Wildman–Crippen MR) is 106 cm³/mol. The molecule has 3 rings (SSSR count). The van der Waals surface area contributed by atoms with Crippen LogP contribution in [0, 0.1) is 10.1 Å². The number of halogens is 3. The van der Waals surface area contributed by atoms with Crippen LogP contribution in [0.4, 0.5) is 0 Å². The summed E-state index contributed by atoms with van der Waals surface area (Å²) in [6.07, 6.45) is 1.05. The third-order valence-corrected chi connectivity index (χ3v) is 4.41. The quantitative estimate of drug-likeness (QED) is 0.279. The van der Waals surface area contributed by atoms with Crippen molar-refractivity contribution in [2.45, 2.75) is 12.8 Å². The van der Waals surface area contributed by atoms with Gasteiger partial charge in [0.15, 0.2) is 0 Å². The molecule has 1 unspecified atom stereocenters. The maximum Gasteiger partial charge on any atom is 0.297 e. The zero-order valence-electron chi connectivity index (χ0n) is 14.5. The van der Waals surface area contributed by atoms with E-state index in [1.165, 1.54) is 18.7 Å². The molecule has 0 spiro atoms. The van der Waals surface area contributed by atoms with Gasteiger partial charge in [0.2, 0.25) is 6.23 Å². The molecule has 0 amide bonds. The van der Waals surface area contributed by atoms with Crippen LogP contribution in [0.15, 0.2) is 60.3 Å². The first-order chi connectivity index (χ1) is 13.9. The average Bonchev–Trinajstić information content (AvgIpc) is 3.20. The van der Waals surface area contributed by atoms with E-state index in [-0.39, 0.29) is 17.3 Å². The van der Waals surface area contributed by atoms with Crippen molar-refractivity contribution >= 4 is 40.5 Å². The summed E-state index contributed by atoms with van der Waals surface area (Å²) in [5.41, 5.74) is 1.10. The van der Waals surface area contributed by atoms with E-state index in [1.54, 1.807) is 36.4 Å². The molecule has 0 aliphatic heterocycles. The molecule has 0 aliphatic rings. The first-order valence-corrected chi connectivity index (χ1v) is 9.12. The highest BCUT2D eigenvalue weighted by Crippen LogP contribution is 2.26. The highest BCUT2D eigenvalue weighted by Gasteiger charge is 2.27.